The summed E-state index contributed by atoms with van der Waals surface area (Å²) in [5.41, 5.74) is 8.63. The third kappa shape index (κ3) is 5.15. The fourth-order valence-corrected chi connectivity index (χ4v) is 2.65. The van der Waals surface area contributed by atoms with Crippen molar-refractivity contribution in [1.29, 1.82) is 0 Å². The van der Waals surface area contributed by atoms with E-state index >= 15 is 0 Å². The van der Waals surface area contributed by atoms with Gasteiger partial charge in [0.1, 0.15) is 0 Å². The van der Waals surface area contributed by atoms with Gasteiger partial charge in [-0.15, -0.1) is 0 Å². The molecule has 3 heteroatoms. The number of hydrogen-bond donors (Lipinski definition) is 1. The van der Waals surface area contributed by atoms with Crippen molar-refractivity contribution in [2.75, 3.05) is 11.4 Å². The molecule has 1 atom stereocenters. The van der Waals surface area contributed by atoms with E-state index in [2.05, 4.69) is 73.6 Å². The van der Waals surface area contributed by atoms with Crippen molar-refractivity contribution in [1.82, 2.24) is 0 Å². The maximum Gasteiger partial charge on any atom is 0.0413 e. The Balaban J connectivity index is 3.15. The first-order chi connectivity index (χ1) is 8.81. The average molecular weight is 327 g/mol. The molecule has 0 saturated carbocycles. The van der Waals surface area contributed by atoms with Crippen LogP contribution in [0, 0.1) is 5.92 Å². The zero-order valence-electron chi connectivity index (χ0n) is 12.8. The summed E-state index contributed by atoms with van der Waals surface area (Å²) in [6.45, 7) is 12.2. The summed E-state index contributed by atoms with van der Waals surface area (Å²) in [4.78, 5) is 2.48. The maximum atomic E-state index is 5.98. The monoisotopic (exact) mass is 326 g/mol. The van der Waals surface area contributed by atoms with Gasteiger partial charge in [-0.05, 0) is 50.8 Å². The second-order valence-electron chi connectivity index (χ2n) is 6.09. The third-order valence-corrected chi connectivity index (χ3v) is 3.58. The molecule has 108 valence electrons. The Labute approximate surface area is 126 Å². The van der Waals surface area contributed by atoms with Gasteiger partial charge in [-0.2, -0.15) is 0 Å². The standard InChI is InChI=1S/C16H27BrN2/c1-11(2)10-19(12(3)4)16-9-15(17)7-6-14(16)8-13(5)18/h6-7,9,11-13H,8,10,18H2,1-5H3. The van der Waals surface area contributed by atoms with E-state index in [0.29, 0.717) is 12.0 Å². The molecule has 0 aliphatic rings. The summed E-state index contributed by atoms with van der Waals surface area (Å²) in [5, 5.41) is 0. The van der Waals surface area contributed by atoms with Gasteiger partial charge < -0.3 is 10.6 Å². The van der Waals surface area contributed by atoms with Crippen LogP contribution in [0.2, 0.25) is 0 Å². The lowest BCUT2D eigenvalue weighted by Crippen LogP contribution is -2.35. The van der Waals surface area contributed by atoms with Crippen LogP contribution in [0.3, 0.4) is 0 Å². The molecule has 0 aliphatic heterocycles. The van der Waals surface area contributed by atoms with Crippen LogP contribution in [-0.4, -0.2) is 18.6 Å². The summed E-state index contributed by atoms with van der Waals surface area (Å²) in [7, 11) is 0. The van der Waals surface area contributed by atoms with Gasteiger partial charge in [-0.1, -0.05) is 35.8 Å². The molecule has 1 aromatic carbocycles. The van der Waals surface area contributed by atoms with Gasteiger partial charge in [0, 0.05) is 28.8 Å². The molecule has 0 fully saturated rings. The molecule has 2 N–H and O–H groups in total. The van der Waals surface area contributed by atoms with Crippen LogP contribution in [-0.2, 0) is 6.42 Å². The van der Waals surface area contributed by atoms with Gasteiger partial charge in [0.05, 0.1) is 0 Å². The molecule has 19 heavy (non-hydrogen) atoms. The quantitative estimate of drug-likeness (QED) is 0.848. The SMILES string of the molecule is CC(C)CN(c1cc(Br)ccc1CC(C)N)C(C)C. The largest absolute Gasteiger partial charge is 0.369 e. The highest BCUT2D eigenvalue weighted by Crippen LogP contribution is 2.28. The van der Waals surface area contributed by atoms with Crippen LogP contribution in [0.4, 0.5) is 5.69 Å². The Morgan fingerprint density at radius 3 is 2.26 bits per heavy atom. The maximum absolute atomic E-state index is 5.98. The lowest BCUT2D eigenvalue weighted by Gasteiger charge is -2.33. The van der Waals surface area contributed by atoms with E-state index in [1.54, 1.807) is 0 Å². The summed E-state index contributed by atoms with van der Waals surface area (Å²) in [6, 6.07) is 7.20. The topological polar surface area (TPSA) is 29.3 Å². The van der Waals surface area contributed by atoms with E-state index in [-0.39, 0.29) is 6.04 Å². The minimum Gasteiger partial charge on any atom is -0.369 e. The minimum absolute atomic E-state index is 0.188. The van der Waals surface area contributed by atoms with Crippen molar-refractivity contribution in [2.24, 2.45) is 11.7 Å². The zero-order valence-corrected chi connectivity index (χ0v) is 14.4. The summed E-state index contributed by atoms with van der Waals surface area (Å²) >= 11 is 3.59. The second kappa shape index (κ2) is 7.30. The third-order valence-electron chi connectivity index (χ3n) is 3.08. The van der Waals surface area contributed by atoms with Gasteiger partial charge in [-0.3, -0.25) is 0 Å². The first-order valence-electron chi connectivity index (χ1n) is 7.12. The molecule has 0 aliphatic carbocycles. The van der Waals surface area contributed by atoms with E-state index in [4.69, 9.17) is 5.73 Å². The van der Waals surface area contributed by atoms with Gasteiger partial charge in [0.15, 0.2) is 0 Å². The molecule has 1 aromatic rings. The molecule has 0 radical (unpaired) electrons. The van der Waals surface area contributed by atoms with E-state index < -0.39 is 0 Å². The van der Waals surface area contributed by atoms with Crippen molar-refractivity contribution in [2.45, 2.75) is 53.1 Å². The van der Waals surface area contributed by atoms with Crippen molar-refractivity contribution >= 4 is 21.6 Å². The van der Waals surface area contributed by atoms with Gasteiger partial charge >= 0.3 is 0 Å². The van der Waals surface area contributed by atoms with Gasteiger partial charge in [0.25, 0.3) is 0 Å². The van der Waals surface area contributed by atoms with E-state index in [1.165, 1.54) is 11.3 Å². The molecule has 0 saturated heterocycles. The van der Waals surface area contributed by atoms with E-state index in [1.807, 2.05) is 0 Å². The fourth-order valence-electron chi connectivity index (χ4n) is 2.30. The molecule has 1 unspecified atom stereocenters. The summed E-state index contributed by atoms with van der Waals surface area (Å²) in [5.74, 6) is 0.643. The number of rotatable bonds is 6. The highest BCUT2D eigenvalue weighted by molar-refractivity contribution is 9.10. The molecule has 0 aromatic heterocycles. The Bertz CT molecular complexity index is 400. The van der Waals surface area contributed by atoms with Crippen LogP contribution >= 0.6 is 15.9 Å². The number of hydrogen-bond acceptors (Lipinski definition) is 2. The highest BCUT2D eigenvalue weighted by atomic mass is 79.9. The van der Waals surface area contributed by atoms with Crippen LogP contribution in [0.1, 0.15) is 40.2 Å². The number of nitrogens with two attached hydrogens (primary N) is 1. The van der Waals surface area contributed by atoms with Crippen molar-refractivity contribution in [3.63, 3.8) is 0 Å². The Morgan fingerprint density at radius 2 is 1.79 bits per heavy atom. The molecule has 0 amide bonds. The highest BCUT2D eigenvalue weighted by Gasteiger charge is 2.16. The predicted octanol–water partition coefficient (Wildman–Crippen LogP) is 4.21. The summed E-state index contributed by atoms with van der Waals surface area (Å²) in [6.07, 6.45) is 0.921. The lowest BCUT2D eigenvalue weighted by atomic mass is 10.0. The van der Waals surface area contributed by atoms with Crippen molar-refractivity contribution in [3.05, 3.63) is 28.2 Å². The van der Waals surface area contributed by atoms with Crippen molar-refractivity contribution in [3.8, 4) is 0 Å². The molecular weight excluding hydrogens is 300 g/mol. The lowest BCUT2D eigenvalue weighted by molar-refractivity contribution is 0.568. The van der Waals surface area contributed by atoms with Crippen LogP contribution in [0.5, 0.6) is 0 Å². The molecule has 0 bridgehead atoms. The first kappa shape index (κ1) is 16.5. The molecule has 2 nitrogen and oxygen atoms in total. The Kier molecular flexibility index (Phi) is 6.34. The van der Waals surface area contributed by atoms with E-state index in [0.717, 1.165) is 17.4 Å². The van der Waals surface area contributed by atoms with Crippen LogP contribution < -0.4 is 10.6 Å². The zero-order chi connectivity index (χ0) is 14.6. The van der Waals surface area contributed by atoms with Gasteiger partial charge in [0.2, 0.25) is 0 Å². The molecule has 1 rings (SSSR count). The average Bonchev–Trinajstić information content (AvgIpc) is 2.27. The Morgan fingerprint density at radius 1 is 1.16 bits per heavy atom. The molecule has 0 heterocycles. The van der Waals surface area contributed by atoms with E-state index in [9.17, 15) is 0 Å². The summed E-state index contributed by atoms with van der Waals surface area (Å²) < 4.78 is 1.13. The first-order valence-corrected chi connectivity index (χ1v) is 7.91. The minimum atomic E-state index is 0.188. The number of nitrogens with zero attached hydrogens (tertiary/aromatic N) is 1. The number of halogens is 1. The smallest absolute Gasteiger partial charge is 0.0413 e. The normalized spacial score (nSPS) is 13.1. The van der Waals surface area contributed by atoms with Crippen LogP contribution in [0.15, 0.2) is 22.7 Å². The molecular formula is C16H27BrN2. The predicted molar refractivity (Wildman–Crippen MR) is 88.8 cm³/mol. The van der Waals surface area contributed by atoms with Gasteiger partial charge in [-0.25, -0.2) is 0 Å². The van der Waals surface area contributed by atoms with Crippen molar-refractivity contribution < 1.29 is 0 Å². The second-order valence-corrected chi connectivity index (χ2v) is 7.01. The number of benzene rings is 1. The van der Waals surface area contributed by atoms with Crippen LogP contribution in [0.25, 0.3) is 0 Å². The number of anilines is 1. The Hall–Kier alpha value is -0.540. The fraction of sp³-hybridized carbons (Fsp3) is 0.625. The molecule has 0 spiro atoms.